The molecule has 0 aromatic carbocycles. The molecule has 10 heteroatoms. The third-order valence-electron chi connectivity index (χ3n) is 7.98. The second-order valence-electron chi connectivity index (χ2n) is 12.2. The molecule has 0 saturated heterocycles. The fourth-order valence-electron chi connectivity index (χ4n) is 5.14. The molecule has 0 aromatic heterocycles. The summed E-state index contributed by atoms with van der Waals surface area (Å²) in [5, 5.41) is 31.9. The molecular formula is C33H68NO8P. The van der Waals surface area contributed by atoms with Crippen molar-refractivity contribution in [2.24, 2.45) is 0 Å². The Balaban J connectivity index is 4.44. The van der Waals surface area contributed by atoms with Crippen LogP contribution in [-0.2, 0) is 18.4 Å². The summed E-state index contributed by atoms with van der Waals surface area (Å²) in [5.41, 5.74) is 0. The van der Waals surface area contributed by atoms with E-state index in [9.17, 15) is 24.5 Å². The first-order valence-corrected chi connectivity index (χ1v) is 19.1. The summed E-state index contributed by atoms with van der Waals surface area (Å²) in [4.78, 5) is 22.6. The number of hydrogen-bond acceptors (Lipinski definition) is 7. The molecule has 0 rings (SSSR count). The lowest BCUT2D eigenvalue weighted by atomic mass is 10.0. The van der Waals surface area contributed by atoms with Crippen molar-refractivity contribution in [3.05, 3.63) is 0 Å². The number of hydrogen-bond donors (Lipinski definition) is 5. The minimum atomic E-state index is -4.53. The summed E-state index contributed by atoms with van der Waals surface area (Å²) < 4.78 is 22.0. The largest absolute Gasteiger partial charge is 0.472 e. The Morgan fingerprint density at radius 1 is 0.651 bits per heavy atom. The van der Waals surface area contributed by atoms with Crippen molar-refractivity contribution < 1.29 is 38.6 Å². The lowest BCUT2D eigenvalue weighted by Crippen LogP contribution is -2.46. The van der Waals surface area contributed by atoms with Gasteiger partial charge in [0.15, 0.2) is 0 Å². The van der Waals surface area contributed by atoms with E-state index in [-0.39, 0.29) is 5.91 Å². The predicted molar refractivity (Wildman–Crippen MR) is 175 cm³/mol. The van der Waals surface area contributed by atoms with Gasteiger partial charge in [0.1, 0.15) is 6.10 Å². The van der Waals surface area contributed by atoms with Crippen molar-refractivity contribution in [3.63, 3.8) is 0 Å². The fourth-order valence-corrected chi connectivity index (χ4v) is 5.93. The smallest absolute Gasteiger partial charge is 0.394 e. The highest BCUT2D eigenvalue weighted by Crippen LogP contribution is 2.43. The van der Waals surface area contributed by atoms with E-state index in [2.05, 4.69) is 19.2 Å². The van der Waals surface area contributed by atoms with E-state index in [4.69, 9.17) is 14.2 Å². The van der Waals surface area contributed by atoms with Gasteiger partial charge in [0.05, 0.1) is 32.0 Å². The van der Waals surface area contributed by atoms with Gasteiger partial charge < -0.3 is 25.5 Å². The number of nitrogens with one attached hydrogen (secondary N) is 1. The van der Waals surface area contributed by atoms with Gasteiger partial charge in [-0.1, -0.05) is 149 Å². The van der Waals surface area contributed by atoms with Gasteiger partial charge in [-0.2, -0.15) is 0 Å². The summed E-state index contributed by atoms with van der Waals surface area (Å²) in [6.07, 6.45) is 24.7. The number of phosphoric acid groups is 1. The molecule has 0 spiro atoms. The van der Waals surface area contributed by atoms with E-state index in [1.54, 1.807) is 0 Å². The fraction of sp³-hybridized carbons (Fsp3) is 0.970. The Bertz CT molecular complexity index is 669. The van der Waals surface area contributed by atoms with Crippen LogP contribution >= 0.6 is 7.82 Å². The van der Waals surface area contributed by atoms with Crippen LogP contribution in [0.1, 0.15) is 168 Å². The standard InChI is InChI=1S/C33H68NO8P/c1-3-5-7-9-11-13-15-17-19-21-23-25-32(37)31(29-42-43(39,40)41-28-30(36)27-35)34-33(38)26-24-22-20-18-16-14-12-10-8-6-4-2/h30-32,35-37H,3-29H2,1-2H3,(H,34,38)(H,39,40)/t30?,31-,32+/m0/s1. The van der Waals surface area contributed by atoms with Crippen LogP contribution in [0.4, 0.5) is 0 Å². The number of rotatable bonds is 33. The van der Waals surface area contributed by atoms with Crippen LogP contribution in [0.3, 0.4) is 0 Å². The lowest BCUT2D eigenvalue weighted by molar-refractivity contribution is -0.123. The van der Waals surface area contributed by atoms with Crippen molar-refractivity contribution in [1.82, 2.24) is 5.32 Å². The number of aliphatic hydroxyl groups is 3. The minimum Gasteiger partial charge on any atom is -0.394 e. The average Bonchev–Trinajstić information content (AvgIpc) is 2.99. The Morgan fingerprint density at radius 3 is 1.49 bits per heavy atom. The lowest BCUT2D eigenvalue weighted by Gasteiger charge is -2.25. The van der Waals surface area contributed by atoms with E-state index in [1.165, 1.54) is 103 Å². The number of aliphatic hydroxyl groups excluding tert-OH is 3. The van der Waals surface area contributed by atoms with Gasteiger partial charge in [0, 0.05) is 6.42 Å². The van der Waals surface area contributed by atoms with E-state index in [1.807, 2.05) is 0 Å². The Morgan fingerprint density at radius 2 is 1.05 bits per heavy atom. The Kier molecular flexibility index (Phi) is 29.8. The molecule has 0 aromatic rings. The zero-order valence-corrected chi connectivity index (χ0v) is 28.6. The van der Waals surface area contributed by atoms with Gasteiger partial charge >= 0.3 is 7.82 Å². The number of carbonyl (C=O) groups is 1. The zero-order valence-electron chi connectivity index (χ0n) is 27.7. The average molecular weight is 638 g/mol. The first kappa shape index (κ1) is 42.5. The first-order valence-electron chi connectivity index (χ1n) is 17.6. The number of phosphoric ester groups is 1. The van der Waals surface area contributed by atoms with Crippen LogP contribution in [0.15, 0.2) is 0 Å². The summed E-state index contributed by atoms with van der Waals surface area (Å²) in [6.45, 7) is 2.88. The monoisotopic (exact) mass is 637 g/mol. The van der Waals surface area contributed by atoms with Gasteiger partial charge in [-0.05, 0) is 12.8 Å². The normalized spacial score (nSPS) is 15.2. The minimum absolute atomic E-state index is 0.216. The summed E-state index contributed by atoms with van der Waals surface area (Å²) in [6, 6.07) is -0.852. The number of unbranched alkanes of at least 4 members (excludes halogenated alkanes) is 20. The highest BCUT2D eigenvalue weighted by atomic mass is 31.2. The molecule has 1 amide bonds. The topological polar surface area (TPSA) is 146 Å². The molecule has 0 aliphatic carbocycles. The molecule has 0 bridgehead atoms. The summed E-state index contributed by atoms with van der Waals surface area (Å²) >= 11 is 0. The molecule has 0 fully saturated rings. The molecular weight excluding hydrogens is 569 g/mol. The maximum Gasteiger partial charge on any atom is 0.472 e. The van der Waals surface area contributed by atoms with Gasteiger partial charge in [-0.3, -0.25) is 13.8 Å². The van der Waals surface area contributed by atoms with Crippen LogP contribution in [-0.4, -0.2) is 64.2 Å². The van der Waals surface area contributed by atoms with Gasteiger partial charge in [0.2, 0.25) is 5.91 Å². The molecule has 5 N–H and O–H groups in total. The number of amides is 1. The molecule has 0 heterocycles. The highest BCUT2D eigenvalue weighted by Gasteiger charge is 2.28. The molecule has 4 atom stereocenters. The van der Waals surface area contributed by atoms with Crippen molar-refractivity contribution >= 4 is 13.7 Å². The third kappa shape index (κ3) is 28.7. The second-order valence-corrected chi connectivity index (χ2v) is 13.7. The number of carbonyl (C=O) groups excluding carboxylic acids is 1. The molecule has 2 unspecified atom stereocenters. The van der Waals surface area contributed by atoms with Crippen LogP contribution in [0.25, 0.3) is 0 Å². The maximum absolute atomic E-state index is 12.7. The summed E-state index contributed by atoms with van der Waals surface area (Å²) in [5.74, 6) is -0.216. The van der Waals surface area contributed by atoms with Crippen LogP contribution < -0.4 is 5.32 Å². The van der Waals surface area contributed by atoms with Crippen LogP contribution in [0.2, 0.25) is 0 Å². The first-order chi connectivity index (χ1) is 20.8. The SMILES string of the molecule is CCCCCCCCCCCCCC(=O)N[C@@H](COP(=O)(O)OCC(O)CO)[C@H](O)CCCCCCCCCCCCC. The molecule has 9 nitrogen and oxygen atoms in total. The molecule has 0 radical (unpaired) electrons. The van der Waals surface area contributed by atoms with Crippen molar-refractivity contribution in [3.8, 4) is 0 Å². The van der Waals surface area contributed by atoms with Gasteiger partial charge in [0.25, 0.3) is 0 Å². The van der Waals surface area contributed by atoms with Crippen molar-refractivity contribution in [2.75, 3.05) is 19.8 Å². The highest BCUT2D eigenvalue weighted by molar-refractivity contribution is 7.47. The third-order valence-corrected chi connectivity index (χ3v) is 8.93. The quantitative estimate of drug-likeness (QED) is 0.0363. The van der Waals surface area contributed by atoms with E-state index < -0.39 is 45.9 Å². The molecule has 258 valence electrons. The Hall–Kier alpha value is -0.540. The Labute approximate surface area is 263 Å². The van der Waals surface area contributed by atoms with Gasteiger partial charge in [-0.25, -0.2) is 4.57 Å². The van der Waals surface area contributed by atoms with Gasteiger partial charge in [-0.15, -0.1) is 0 Å². The van der Waals surface area contributed by atoms with Crippen molar-refractivity contribution in [1.29, 1.82) is 0 Å². The molecule has 0 aliphatic heterocycles. The second kappa shape index (κ2) is 30.1. The van der Waals surface area contributed by atoms with E-state index in [0.717, 1.165) is 38.5 Å². The van der Waals surface area contributed by atoms with E-state index in [0.29, 0.717) is 12.8 Å². The molecule has 0 aliphatic rings. The molecule has 0 saturated carbocycles. The predicted octanol–water partition coefficient (Wildman–Crippen LogP) is 7.72. The maximum atomic E-state index is 12.7. The van der Waals surface area contributed by atoms with E-state index >= 15 is 0 Å². The van der Waals surface area contributed by atoms with Crippen LogP contribution in [0, 0.1) is 0 Å². The zero-order chi connectivity index (χ0) is 32.0. The van der Waals surface area contributed by atoms with Crippen molar-refractivity contribution in [2.45, 2.75) is 186 Å². The molecule has 43 heavy (non-hydrogen) atoms. The summed E-state index contributed by atoms with van der Waals surface area (Å²) in [7, 11) is -4.53. The van der Waals surface area contributed by atoms with Crippen LogP contribution in [0.5, 0.6) is 0 Å².